The molecule has 0 saturated heterocycles. The van der Waals surface area contributed by atoms with Crippen LogP contribution >= 0.6 is 0 Å². The molecule has 2 rings (SSSR count). The van der Waals surface area contributed by atoms with Crippen LogP contribution in [0.3, 0.4) is 0 Å². The van der Waals surface area contributed by atoms with Crippen molar-refractivity contribution in [3.8, 4) is 6.07 Å². The fourth-order valence-electron chi connectivity index (χ4n) is 1.94. The van der Waals surface area contributed by atoms with Crippen LogP contribution in [-0.2, 0) is 0 Å². The van der Waals surface area contributed by atoms with Gasteiger partial charge >= 0.3 is 0 Å². The molecule has 0 spiro atoms. The van der Waals surface area contributed by atoms with Crippen LogP contribution in [0.1, 0.15) is 18.2 Å². The van der Waals surface area contributed by atoms with Gasteiger partial charge in [-0.15, -0.1) is 0 Å². The molecular weight excluding hydrogens is 234 g/mol. The van der Waals surface area contributed by atoms with E-state index in [0.29, 0.717) is 5.57 Å². The number of fused-ring (bicyclic) bond motifs is 1. The van der Waals surface area contributed by atoms with E-state index < -0.39 is 0 Å². The number of hydrogen-bond donors (Lipinski definition) is 1. The number of aromatic amines is 1. The molecule has 0 aliphatic carbocycles. The maximum Gasteiger partial charge on any atom is 0.0999 e. The van der Waals surface area contributed by atoms with Crippen molar-refractivity contribution in [2.24, 2.45) is 0 Å². The lowest BCUT2D eigenvalue weighted by atomic mass is 10.0. The lowest BCUT2D eigenvalue weighted by Gasteiger charge is -2.00. The highest BCUT2D eigenvalue weighted by atomic mass is 15.1. The summed E-state index contributed by atoms with van der Waals surface area (Å²) in [5.41, 5.74) is 4.52. The molecule has 0 fully saturated rings. The van der Waals surface area contributed by atoms with Crippen LogP contribution in [0.15, 0.2) is 48.6 Å². The van der Waals surface area contributed by atoms with Crippen molar-refractivity contribution in [2.45, 2.75) is 13.8 Å². The van der Waals surface area contributed by atoms with E-state index in [9.17, 15) is 0 Å². The van der Waals surface area contributed by atoms with Crippen molar-refractivity contribution in [1.82, 2.24) is 10.2 Å². The Kier molecular flexibility index (Phi) is 3.63. The Hall–Kier alpha value is -2.60. The van der Waals surface area contributed by atoms with Crippen LogP contribution in [0.5, 0.6) is 0 Å². The molecule has 0 atom stereocenters. The van der Waals surface area contributed by atoms with Gasteiger partial charge in [0.05, 0.1) is 17.3 Å². The Morgan fingerprint density at radius 2 is 2.26 bits per heavy atom. The van der Waals surface area contributed by atoms with E-state index in [2.05, 4.69) is 28.9 Å². The van der Waals surface area contributed by atoms with E-state index in [0.717, 1.165) is 22.2 Å². The molecule has 3 nitrogen and oxygen atoms in total. The van der Waals surface area contributed by atoms with E-state index in [4.69, 9.17) is 5.26 Å². The molecule has 0 aliphatic rings. The van der Waals surface area contributed by atoms with Gasteiger partial charge in [0.25, 0.3) is 0 Å². The van der Waals surface area contributed by atoms with Crippen LogP contribution in [0.2, 0.25) is 0 Å². The topological polar surface area (TPSA) is 52.5 Å². The smallest absolute Gasteiger partial charge is 0.0999 e. The molecule has 0 aliphatic heterocycles. The zero-order chi connectivity index (χ0) is 13.8. The summed E-state index contributed by atoms with van der Waals surface area (Å²) in [6.07, 6.45) is 5.38. The van der Waals surface area contributed by atoms with Crippen LogP contribution in [-0.4, -0.2) is 10.2 Å². The van der Waals surface area contributed by atoms with E-state index in [-0.39, 0.29) is 0 Å². The minimum atomic E-state index is 0.636. The summed E-state index contributed by atoms with van der Waals surface area (Å²) in [5, 5.41) is 17.3. The predicted octanol–water partition coefficient (Wildman–Crippen LogP) is 3.91. The van der Waals surface area contributed by atoms with Gasteiger partial charge in [-0.25, -0.2) is 0 Å². The van der Waals surface area contributed by atoms with Crippen LogP contribution < -0.4 is 0 Å². The maximum absolute atomic E-state index is 8.91. The number of H-pyrrole nitrogens is 1. The summed E-state index contributed by atoms with van der Waals surface area (Å²) in [6, 6.07) is 8.25. The molecular formula is C16H15N3. The molecule has 1 N–H and O–H groups in total. The zero-order valence-corrected chi connectivity index (χ0v) is 11.1. The van der Waals surface area contributed by atoms with Crippen molar-refractivity contribution in [3.63, 3.8) is 0 Å². The molecule has 0 radical (unpaired) electrons. The van der Waals surface area contributed by atoms with Crippen molar-refractivity contribution in [2.75, 3.05) is 0 Å². The van der Waals surface area contributed by atoms with Gasteiger partial charge < -0.3 is 0 Å². The van der Waals surface area contributed by atoms with Gasteiger partial charge in [0, 0.05) is 16.5 Å². The highest BCUT2D eigenvalue weighted by Gasteiger charge is 2.09. The first-order chi connectivity index (χ1) is 9.15. The molecule has 0 amide bonds. The average molecular weight is 249 g/mol. The largest absolute Gasteiger partial charge is 0.277 e. The van der Waals surface area contributed by atoms with E-state index in [1.54, 1.807) is 13.0 Å². The third-order valence-corrected chi connectivity index (χ3v) is 2.84. The van der Waals surface area contributed by atoms with Crippen molar-refractivity contribution < 1.29 is 0 Å². The summed E-state index contributed by atoms with van der Waals surface area (Å²) >= 11 is 0. The Bertz CT molecular complexity index is 724. The second-order valence-electron chi connectivity index (χ2n) is 4.42. The first-order valence-electron chi connectivity index (χ1n) is 6.02. The highest BCUT2D eigenvalue weighted by molar-refractivity contribution is 5.93. The molecule has 19 heavy (non-hydrogen) atoms. The molecule has 3 heteroatoms. The number of benzene rings is 1. The van der Waals surface area contributed by atoms with Crippen LogP contribution in [0, 0.1) is 18.3 Å². The van der Waals surface area contributed by atoms with Gasteiger partial charge in [-0.3, -0.25) is 5.10 Å². The van der Waals surface area contributed by atoms with Gasteiger partial charge in [0.15, 0.2) is 0 Å². The molecule has 94 valence electrons. The van der Waals surface area contributed by atoms with Gasteiger partial charge in [-0.1, -0.05) is 30.4 Å². The Morgan fingerprint density at radius 3 is 2.95 bits per heavy atom. The fraction of sp³-hybridized carbons (Fsp3) is 0.125. The van der Waals surface area contributed by atoms with Crippen molar-refractivity contribution in [1.29, 1.82) is 5.26 Å². The Balaban J connectivity index is 2.64. The summed E-state index contributed by atoms with van der Waals surface area (Å²) in [5.74, 6) is 0. The number of nitrogens with zero attached hydrogens (tertiary/aromatic N) is 2. The third-order valence-electron chi connectivity index (χ3n) is 2.84. The number of nitriles is 1. The zero-order valence-electron chi connectivity index (χ0n) is 11.1. The number of allylic oxidation sites excluding steroid dienone is 5. The molecule has 0 saturated carbocycles. The lowest BCUT2D eigenvalue weighted by Crippen LogP contribution is -1.84. The molecule has 1 aromatic heterocycles. The number of aromatic nitrogens is 2. The van der Waals surface area contributed by atoms with Crippen LogP contribution in [0.25, 0.3) is 16.5 Å². The van der Waals surface area contributed by atoms with E-state index in [1.807, 2.05) is 31.2 Å². The summed E-state index contributed by atoms with van der Waals surface area (Å²) < 4.78 is 0. The van der Waals surface area contributed by atoms with Gasteiger partial charge in [0.1, 0.15) is 0 Å². The molecule has 0 unspecified atom stereocenters. The lowest BCUT2D eigenvalue weighted by molar-refractivity contribution is 1.10. The second-order valence-corrected chi connectivity index (χ2v) is 4.42. The average Bonchev–Trinajstić information content (AvgIpc) is 2.80. The summed E-state index contributed by atoms with van der Waals surface area (Å²) in [6.45, 7) is 7.53. The number of rotatable bonds is 3. The number of nitrogens with one attached hydrogen (secondary N) is 1. The maximum atomic E-state index is 8.91. The van der Waals surface area contributed by atoms with E-state index in [1.165, 1.54) is 5.56 Å². The summed E-state index contributed by atoms with van der Waals surface area (Å²) in [7, 11) is 0. The third kappa shape index (κ3) is 2.63. The van der Waals surface area contributed by atoms with Crippen LogP contribution in [0.4, 0.5) is 0 Å². The molecule has 1 aromatic carbocycles. The number of hydrogen-bond acceptors (Lipinski definition) is 2. The number of aryl methyl sites for hydroxylation is 1. The monoisotopic (exact) mass is 249 g/mol. The minimum absolute atomic E-state index is 0.636. The van der Waals surface area contributed by atoms with Crippen molar-refractivity contribution >= 4 is 16.5 Å². The molecule has 0 bridgehead atoms. The molecule has 2 aromatic rings. The predicted molar refractivity (Wildman–Crippen MR) is 78.4 cm³/mol. The van der Waals surface area contributed by atoms with E-state index >= 15 is 0 Å². The standard InChI is InChI=1S/C16H15N3/c1-4-5-13(8-12(3)10-17)16-14-9-11(2)6-7-15(14)18-19-16/h4-9H,1H2,2-3H3,(H,18,19)/b12-8+,13-5+. The Labute approximate surface area is 112 Å². The van der Waals surface area contributed by atoms with Gasteiger partial charge in [0.2, 0.25) is 0 Å². The SMILES string of the molecule is C=C/C=C(\C=C(/C)C#N)c1n[nH]c2ccc(C)cc12. The first kappa shape index (κ1) is 12.8. The first-order valence-corrected chi connectivity index (χ1v) is 6.02. The highest BCUT2D eigenvalue weighted by Crippen LogP contribution is 2.25. The fourth-order valence-corrected chi connectivity index (χ4v) is 1.94. The normalized spacial score (nSPS) is 12.5. The Morgan fingerprint density at radius 1 is 1.47 bits per heavy atom. The van der Waals surface area contributed by atoms with Gasteiger partial charge in [-0.2, -0.15) is 10.4 Å². The van der Waals surface area contributed by atoms with Gasteiger partial charge in [-0.05, 0) is 32.1 Å². The summed E-state index contributed by atoms with van der Waals surface area (Å²) in [4.78, 5) is 0. The minimum Gasteiger partial charge on any atom is -0.277 e. The quantitative estimate of drug-likeness (QED) is 0.662. The second kappa shape index (κ2) is 5.36. The van der Waals surface area contributed by atoms with Crippen molar-refractivity contribution in [3.05, 3.63) is 59.8 Å². The molecule has 1 heterocycles.